The molecule has 0 saturated heterocycles. The quantitative estimate of drug-likeness (QED) is 0.609. The second kappa shape index (κ2) is 8.19. The van der Waals surface area contributed by atoms with Crippen molar-refractivity contribution in [1.82, 2.24) is 20.2 Å². The Labute approximate surface area is 167 Å². The van der Waals surface area contributed by atoms with Crippen LogP contribution in [0.15, 0.2) is 53.7 Å². The van der Waals surface area contributed by atoms with Crippen LogP contribution in [0.5, 0.6) is 0 Å². The molecule has 28 heavy (non-hydrogen) atoms. The molecule has 0 bridgehead atoms. The van der Waals surface area contributed by atoms with Gasteiger partial charge in [-0.25, -0.2) is 0 Å². The fourth-order valence-corrected chi connectivity index (χ4v) is 3.22. The maximum atomic E-state index is 13.1. The van der Waals surface area contributed by atoms with E-state index in [1.54, 1.807) is 31.2 Å². The Morgan fingerprint density at radius 1 is 1.18 bits per heavy atom. The predicted molar refractivity (Wildman–Crippen MR) is 99.6 cm³/mol. The van der Waals surface area contributed by atoms with Gasteiger partial charge in [0.25, 0.3) is 0 Å². The van der Waals surface area contributed by atoms with Crippen LogP contribution in [0.25, 0.3) is 5.69 Å². The third-order valence-corrected chi connectivity index (χ3v) is 4.94. The summed E-state index contributed by atoms with van der Waals surface area (Å²) in [7, 11) is 0. The summed E-state index contributed by atoms with van der Waals surface area (Å²) in [6.07, 6.45) is -4.57. The average molecular weight is 428 g/mol. The minimum absolute atomic E-state index is 0.301. The van der Waals surface area contributed by atoms with Gasteiger partial charge in [0.2, 0.25) is 11.1 Å². The molecule has 2 aromatic carbocycles. The summed E-state index contributed by atoms with van der Waals surface area (Å²) < 4.78 is 40.6. The van der Waals surface area contributed by atoms with Crippen LogP contribution in [0.2, 0.25) is 5.02 Å². The average Bonchev–Trinajstić information content (AvgIpc) is 3.10. The Balaban J connectivity index is 1.75. The van der Waals surface area contributed by atoms with Gasteiger partial charge in [-0.05, 0) is 53.7 Å². The number of hydrogen-bond acceptors (Lipinski definition) is 5. The number of tetrazole rings is 1. The summed E-state index contributed by atoms with van der Waals surface area (Å²) in [5.74, 6) is -0.604. The Bertz CT molecular complexity index is 977. The largest absolute Gasteiger partial charge is 0.418 e. The van der Waals surface area contributed by atoms with E-state index in [4.69, 9.17) is 11.6 Å². The van der Waals surface area contributed by atoms with Crippen LogP contribution in [-0.4, -0.2) is 31.4 Å². The number of para-hydroxylation sites is 1. The first-order chi connectivity index (χ1) is 13.3. The summed E-state index contributed by atoms with van der Waals surface area (Å²) in [5, 5.41) is 13.8. The van der Waals surface area contributed by atoms with Crippen LogP contribution in [0.3, 0.4) is 0 Å². The molecule has 0 aliphatic heterocycles. The zero-order valence-electron chi connectivity index (χ0n) is 14.3. The van der Waals surface area contributed by atoms with E-state index in [0.29, 0.717) is 15.9 Å². The number of nitrogens with zero attached hydrogens (tertiary/aromatic N) is 4. The lowest BCUT2D eigenvalue weighted by molar-refractivity contribution is -0.137. The van der Waals surface area contributed by atoms with E-state index < -0.39 is 22.9 Å². The predicted octanol–water partition coefficient (Wildman–Crippen LogP) is 4.45. The number of halogens is 4. The van der Waals surface area contributed by atoms with Gasteiger partial charge in [0.1, 0.15) is 0 Å². The minimum atomic E-state index is -4.57. The molecule has 11 heteroatoms. The van der Waals surface area contributed by atoms with Crippen LogP contribution in [0.4, 0.5) is 18.9 Å². The molecule has 1 aromatic heterocycles. The summed E-state index contributed by atoms with van der Waals surface area (Å²) in [6.45, 7) is 1.55. The van der Waals surface area contributed by atoms with Gasteiger partial charge in [0.15, 0.2) is 0 Å². The molecular weight excluding hydrogens is 415 g/mol. The van der Waals surface area contributed by atoms with Gasteiger partial charge in [-0.3, -0.25) is 4.79 Å². The number of amides is 1. The number of thioether (sulfide) groups is 1. The van der Waals surface area contributed by atoms with Crippen LogP contribution in [0.1, 0.15) is 12.5 Å². The molecule has 3 aromatic rings. The Morgan fingerprint density at radius 2 is 1.86 bits per heavy atom. The standard InChI is InChI=1S/C17H13ClF3N5OS/c1-10(15(27)22-14-5-3-2-4-13(14)17(19,20)21)28-16-23-24-25-26(16)12-8-6-11(18)7-9-12/h2-10H,1H3,(H,22,27). The monoisotopic (exact) mass is 427 g/mol. The van der Waals surface area contributed by atoms with Gasteiger partial charge in [-0.1, -0.05) is 35.5 Å². The van der Waals surface area contributed by atoms with Gasteiger partial charge in [-0.2, -0.15) is 17.9 Å². The fourth-order valence-electron chi connectivity index (χ4n) is 2.28. The van der Waals surface area contributed by atoms with Gasteiger partial charge >= 0.3 is 6.18 Å². The lowest BCUT2D eigenvalue weighted by Gasteiger charge is -2.16. The van der Waals surface area contributed by atoms with E-state index in [9.17, 15) is 18.0 Å². The van der Waals surface area contributed by atoms with E-state index >= 15 is 0 Å². The second-order valence-electron chi connectivity index (χ2n) is 5.64. The van der Waals surface area contributed by atoms with Crippen molar-refractivity contribution in [3.8, 4) is 5.69 Å². The number of rotatable bonds is 5. The van der Waals surface area contributed by atoms with Crippen molar-refractivity contribution < 1.29 is 18.0 Å². The van der Waals surface area contributed by atoms with Crippen molar-refractivity contribution in [3.05, 3.63) is 59.1 Å². The van der Waals surface area contributed by atoms with Crippen molar-refractivity contribution in [2.45, 2.75) is 23.5 Å². The molecule has 0 aliphatic carbocycles. The molecule has 0 saturated carbocycles. The highest BCUT2D eigenvalue weighted by Crippen LogP contribution is 2.35. The number of nitrogens with one attached hydrogen (secondary N) is 1. The highest BCUT2D eigenvalue weighted by molar-refractivity contribution is 8.00. The smallest absolute Gasteiger partial charge is 0.325 e. The molecule has 3 rings (SSSR count). The molecule has 1 unspecified atom stereocenters. The molecule has 6 nitrogen and oxygen atoms in total. The molecule has 1 amide bonds. The van der Waals surface area contributed by atoms with Crippen molar-refractivity contribution in [2.75, 3.05) is 5.32 Å². The molecule has 0 spiro atoms. The number of carbonyl (C=O) groups is 1. The van der Waals surface area contributed by atoms with E-state index in [1.807, 2.05) is 0 Å². The molecular formula is C17H13ClF3N5OS. The summed E-state index contributed by atoms with van der Waals surface area (Å²) in [5.41, 5.74) is -0.580. The maximum Gasteiger partial charge on any atom is 0.418 e. The summed E-state index contributed by atoms with van der Waals surface area (Å²) in [4.78, 5) is 12.4. The number of anilines is 1. The van der Waals surface area contributed by atoms with Crippen molar-refractivity contribution >= 4 is 35.0 Å². The first kappa shape index (κ1) is 20.2. The fraction of sp³-hybridized carbons (Fsp3) is 0.176. The van der Waals surface area contributed by atoms with Gasteiger partial charge in [0.05, 0.1) is 22.2 Å². The molecule has 146 valence electrons. The number of carbonyl (C=O) groups excluding carboxylic acids is 1. The Hall–Kier alpha value is -2.59. The zero-order valence-corrected chi connectivity index (χ0v) is 15.9. The maximum absolute atomic E-state index is 13.1. The van der Waals surface area contributed by atoms with Crippen LogP contribution in [-0.2, 0) is 11.0 Å². The van der Waals surface area contributed by atoms with Gasteiger partial charge < -0.3 is 5.32 Å². The van der Waals surface area contributed by atoms with Gasteiger partial charge in [-0.15, -0.1) is 5.10 Å². The molecule has 0 fully saturated rings. The molecule has 1 N–H and O–H groups in total. The minimum Gasteiger partial charge on any atom is -0.325 e. The number of benzene rings is 2. The van der Waals surface area contributed by atoms with Crippen molar-refractivity contribution in [3.63, 3.8) is 0 Å². The normalized spacial score (nSPS) is 12.6. The lowest BCUT2D eigenvalue weighted by atomic mass is 10.1. The first-order valence-corrected chi connectivity index (χ1v) is 9.19. The number of hydrogen-bond donors (Lipinski definition) is 1. The third-order valence-electron chi connectivity index (χ3n) is 3.65. The molecule has 1 atom stereocenters. The van der Waals surface area contributed by atoms with E-state index in [0.717, 1.165) is 17.8 Å². The van der Waals surface area contributed by atoms with E-state index in [2.05, 4.69) is 20.8 Å². The Kier molecular flexibility index (Phi) is 5.90. The molecule has 0 aliphatic rings. The van der Waals surface area contributed by atoms with Crippen LogP contribution >= 0.6 is 23.4 Å². The van der Waals surface area contributed by atoms with Crippen LogP contribution in [0, 0.1) is 0 Å². The second-order valence-corrected chi connectivity index (χ2v) is 7.39. The van der Waals surface area contributed by atoms with E-state index in [-0.39, 0.29) is 5.69 Å². The topological polar surface area (TPSA) is 72.7 Å². The van der Waals surface area contributed by atoms with E-state index in [1.165, 1.54) is 22.9 Å². The highest BCUT2D eigenvalue weighted by atomic mass is 35.5. The molecule has 0 radical (unpaired) electrons. The zero-order chi connectivity index (χ0) is 20.3. The highest BCUT2D eigenvalue weighted by Gasteiger charge is 2.34. The Morgan fingerprint density at radius 3 is 2.54 bits per heavy atom. The summed E-state index contributed by atoms with van der Waals surface area (Å²) in [6, 6.07) is 11.5. The van der Waals surface area contributed by atoms with Gasteiger partial charge in [0, 0.05) is 5.02 Å². The van der Waals surface area contributed by atoms with Crippen molar-refractivity contribution in [1.29, 1.82) is 0 Å². The molecule has 1 heterocycles. The first-order valence-electron chi connectivity index (χ1n) is 7.94. The lowest BCUT2D eigenvalue weighted by Crippen LogP contribution is -2.24. The number of alkyl halides is 3. The van der Waals surface area contributed by atoms with Crippen LogP contribution < -0.4 is 5.32 Å². The third kappa shape index (κ3) is 4.63. The van der Waals surface area contributed by atoms with Crippen molar-refractivity contribution in [2.24, 2.45) is 0 Å². The SMILES string of the molecule is CC(Sc1nnnn1-c1ccc(Cl)cc1)C(=O)Nc1ccccc1C(F)(F)F. The summed E-state index contributed by atoms with van der Waals surface area (Å²) >= 11 is 6.88. The number of aromatic nitrogens is 4.